The van der Waals surface area contributed by atoms with E-state index in [1.54, 1.807) is 11.0 Å². The summed E-state index contributed by atoms with van der Waals surface area (Å²) in [6.45, 7) is 7.23. The van der Waals surface area contributed by atoms with Crippen molar-refractivity contribution < 1.29 is 19.1 Å². The number of hydrogen-bond donors (Lipinski definition) is 1. The van der Waals surface area contributed by atoms with E-state index in [0.29, 0.717) is 36.8 Å². The van der Waals surface area contributed by atoms with Crippen molar-refractivity contribution in [2.75, 3.05) is 18.5 Å². The summed E-state index contributed by atoms with van der Waals surface area (Å²) in [6, 6.07) is 5.47. The number of ether oxygens (including phenoxy) is 2. The van der Waals surface area contributed by atoms with Crippen molar-refractivity contribution in [3.8, 4) is 5.75 Å². The van der Waals surface area contributed by atoms with Gasteiger partial charge in [-0.05, 0) is 44.5 Å². The van der Waals surface area contributed by atoms with Crippen LogP contribution in [-0.2, 0) is 24.1 Å². The number of nitrogens with zero attached hydrogens (tertiary/aromatic N) is 2. The van der Waals surface area contributed by atoms with Gasteiger partial charge in [0.1, 0.15) is 11.4 Å². The molecule has 28 heavy (non-hydrogen) atoms. The van der Waals surface area contributed by atoms with Crippen molar-refractivity contribution in [2.24, 2.45) is 0 Å². The molecule has 0 unspecified atom stereocenters. The number of hydrogen-bond acceptors (Lipinski definition) is 6. The molecular formula is C20H23N3O4S. The van der Waals surface area contributed by atoms with Crippen LogP contribution in [0.5, 0.6) is 5.75 Å². The molecule has 0 radical (unpaired) electrons. The first-order valence-electron chi connectivity index (χ1n) is 9.32. The molecule has 0 bridgehead atoms. The van der Waals surface area contributed by atoms with E-state index in [1.165, 1.54) is 11.3 Å². The summed E-state index contributed by atoms with van der Waals surface area (Å²) in [7, 11) is 0. The number of amides is 2. The van der Waals surface area contributed by atoms with E-state index in [9.17, 15) is 9.59 Å². The lowest BCUT2D eigenvalue weighted by atomic mass is 10.1. The van der Waals surface area contributed by atoms with E-state index < -0.39 is 5.60 Å². The molecule has 0 saturated heterocycles. The molecule has 8 heteroatoms. The van der Waals surface area contributed by atoms with Crippen molar-refractivity contribution in [3.63, 3.8) is 0 Å². The molecule has 1 aromatic heterocycles. The van der Waals surface area contributed by atoms with E-state index in [4.69, 9.17) is 9.47 Å². The Hall–Kier alpha value is -2.61. The Morgan fingerprint density at radius 3 is 2.89 bits per heavy atom. The fourth-order valence-corrected chi connectivity index (χ4v) is 4.25. The summed E-state index contributed by atoms with van der Waals surface area (Å²) in [5.74, 6) is 0.660. The van der Waals surface area contributed by atoms with Gasteiger partial charge in [-0.15, -0.1) is 0 Å². The summed E-state index contributed by atoms with van der Waals surface area (Å²) in [5, 5.41) is 3.44. The Kier molecular flexibility index (Phi) is 4.74. The van der Waals surface area contributed by atoms with E-state index >= 15 is 0 Å². The van der Waals surface area contributed by atoms with Crippen molar-refractivity contribution in [2.45, 2.75) is 45.8 Å². The minimum atomic E-state index is -0.523. The summed E-state index contributed by atoms with van der Waals surface area (Å²) in [4.78, 5) is 32.1. The molecule has 2 amide bonds. The molecule has 2 aliphatic heterocycles. The third kappa shape index (κ3) is 3.96. The van der Waals surface area contributed by atoms with Gasteiger partial charge in [-0.1, -0.05) is 11.3 Å². The lowest BCUT2D eigenvalue weighted by Gasteiger charge is -2.29. The summed E-state index contributed by atoms with van der Waals surface area (Å²) >= 11 is 1.41. The second kappa shape index (κ2) is 7.09. The molecule has 0 saturated carbocycles. The summed E-state index contributed by atoms with van der Waals surface area (Å²) in [5.41, 5.74) is 2.06. The molecule has 7 nitrogen and oxygen atoms in total. The van der Waals surface area contributed by atoms with Crippen LogP contribution in [0.2, 0.25) is 0 Å². The third-order valence-corrected chi connectivity index (χ3v) is 5.55. The molecule has 0 atom stereocenters. The molecule has 0 spiro atoms. The number of rotatable bonds is 2. The lowest BCUT2D eigenvalue weighted by Crippen LogP contribution is -2.39. The number of nitrogens with one attached hydrogen (secondary N) is 1. The normalized spacial score (nSPS) is 15.5. The zero-order chi connectivity index (χ0) is 19.9. The first-order valence-corrected chi connectivity index (χ1v) is 10.1. The quantitative estimate of drug-likeness (QED) is 0.831. The van der Waals surface area contributed by atoms with Gasteiger partial charge < -0.3 is 14.4 Å². The van der Waals surface area contributed by atoms with Gasteiger partial charge >= 0.3 is 6.09 Å². The highest BCUT2D eigenvalue weighted by molar-refractivity contribution is 7.15. The Morgan fingerprint density at radius 1 is 1.29 bits per heavy atom. The van der Waals surface area contributed by atoms with Gasteiger partial charge in [0.05, 0.1) is 18.8 Å². The van der Waals surface area contributed by atoms with Crippen molar-refractivity contribution in [1.29, 1.82) is 0 Å². The fourth-order valence-electron chi connectivity index (χ4n) is 3.23. The zero-order valence-electron chi connectivity index (χ0n) is 16.2. The van der Waals surface area contributed by atoms with Crippen LogP contribution in [0.1, 0.15) is 47.3 Å². The van der Waals surface area contributed by atoms with Crippen LogP contribution in [0.15, 0.2) is 18.2 Å². The van der Waals surface area contributed by atoms with Gasteiger partial charge in [-0.2, -0.15) is 0 Å². The molecule has 2 aliphatic rings. The van der Waals surface area contributed by atoms with Gasteiger partial charge in [-0.3, -0.25) is 10.1 Å². The zero-order valence-corrected chi connectivity index (χ0v) is 17.0. The minimum absolute atomic E-state index is 0.190. The minimum Gasteiger partial charge on any atom is -0.493 e. The first kappa shape index (κ1) is 18.7. The number of aromatic nitrogens is 1. The van der Waals surface area contributed by atoms with Crippen molar-refractivity contribution >= 4 is 28.5 Å². The number of fused-ring (bicyclic) bond motifs is 2. The maximum absolute atomic E-state index is 12.6. The van der Waals surface area contributed by atoms with Crippen molar-refractivity contribution in [1.82, 2.24) is 9.88 Å². The number of carbonyl (C=O) groups is 2. The standard InChI is InChI=1S/C20H23N3O4S/c1-20(2,3)27-19(25)23-8-6-14-16(11-23)28-18(21-14)22-17(24)13-4-5-15-12(10-13)7-9-26-15/h4-5,10H,6-9,11H2,1-3H3,(H,21,22,24). The Labute approximate surface area is 167 Å². The molecule has 0 aliphatic carbocycles. The van der Waals surface area contributed by atoms with Crippen LogP contribution in [-0.4, -0.2) is 40.6 Å². The highest BCUT2D eigenvalue weighted by Gasteiger charge is 2.28. The van der Waals surface area contributed by atoms with Crippen LogP contribution in [0, 0.1) is 0 Å². The summed E-state index contributed by atoms with van der Waals surface area (Å²) in [6.07, 6.45) is 1.15. The van der Waals surface area contributed by atoms with E-state index in [-0.39, 0.29) is 12.0 Å². The molecule has 148 valence electrons. The molecule has 2 aromatic rings. The highest BCUT2D eigenvalue weighted by Crippen LogP contribution is 2.30. The number of carbonyl (C=O) groups excluding carboxylic acids is 2. The largest absolute Gasteiger partial charge is 0.493 e. The predicted octanol–water partition coefficient (Wildman–Crippen LogP) is 3.62. The average molecular weight is 401 g/mol. The Bertz CT molecular complexity index is 932. The van der Waals surface area contributed by atoms with Gasteiger partial charge in [0.2, 0.25) is 0 Å². The number of benzene rings is 1. The number of thiazole rings is 1. The van der Waals surface area contributed by atoms with Gasteiger partial charge in [0.25, 0.3) is 5.91 Å². The molecule has 1 N–H and O–H groups in total. The van der Waals surface area contributed by atoms with Gasteiger partial charge in [0, 0.05) is 29.8 Å². The molecule has 1 aromatic carbocycles. The highest BCUT2D eigenvalue weighted by atomic mass is 32.1. The second-order valence-corrected chi connectivity index (χ2v) is 9.00. The van der Waals surface area contributed by atoms with E-state index in [0.717, 1.165) is 28.3 Å². The topological polar surface area (TPSA) is 80.8 Å². The third-order valence-electron chi connectivity index (χ3n) is 4.56. The van der Waals surface area contributed by atoms with Crippen LogP contribution < -0.4 is 10.1 Å². The average Bonchev–Trinajstić information content (AvgIpc) is 3.24. The van der Waals surface area contributed by atoms with E-state index in [2.05, 4.69) is 10.3 Å². The second-order valence-electron chi connectivity index (χ2n) is 7.92. The Morgan fingerprint density at radius 2 is 2.11 bits per heavy atom. The lowest BCUT2D eigenvalue weighted by molar-refractivity contribution is 0.0225. The van der Waals surface area contributed by atoms with Crippen LogP contribution in [0.25, 0.3) is 0 Å². The van der Waals surface area contributed by atoms with Gasteiger partial charge in [-0.25, -0.2) is 9.78 Å². The number of anilines is 1. The monoisotopic (exact) mass is 401 g/mol. The summed E-state index contributed by atoms with van der Waals surface area (Å²) < 4.78 is 10.9. The van der Waals surface area contributed by atoms with E-state index in [1.807, 2.05) is 32.9 Å². The smallest absolute Gasteiger partial charge is 0.410 e. The fraction of sp³-hybridized carbons (Fsp3) is 0.450. The molecule has 0 fully saturated rings. The van der Waals surface area contributed by atoms with Gasteiger partial charge in [0.15, 0.2) is 5.13 Å². The molecular weight excluding hydrogens is 378 g/mol. The SMILES string of the molecule is CC(C)(C)OC(=O)N1CCc2nc(NC(=O)c3ccc4c(c3)CCO4)sc2C1. The predicted molar refractivity (Wildman–Crippen MR) is 106 cm³/mol. The van der Waals surface area contributed by atoms with Crippen molar-refractivity contribution in [3.05, 3.63) is 39.9 Å². The Balaban J connectivity index is 1.43. The first-order chi connectivity index (χ1) is 13.3. The maximum atomic E-state index is 12.6. The molecule has 4 rings (SSSR count). The van der Waals surface area contributed by atoms with Crippen LogP contribution >= 0.6 is 11.3 Å². The molecule has 3 heterocycles. The van der Waals surface area contributed by atoms with Crippen LogP contribution in [0.3, 0.4) is 0 Å². The maximum Gasteiger partial charge on any atom is 0.410 e. The van der Waals surface area contributed by atoms with Crippen LogP contribution in [0.4, 0.5) is 9.93 Å².